The van der Waals surface area contributed by atoms with E-state index in [-0.39, 0.29) is 10.8 Å². The third-order valence-corrected chi connectivity index (χ3v) is 3.72. The average molecular weight is 303 g/mol. The molecule has 0 bridgehead atoms. The maximum absolute atomic E-state index is 6.21. The lowest BCUT2D eigenvalue weighted by Crippen LogP contribution is -2.21. The summed E-state index contributed by atoms with van der Waals surface area (Å²) in [7, 11) is 0. The highest BCUT2D eigenvalue weighted by atomic mass is 16.5. The number of hydrogen-bond acceptors (Lipinski definition) is 2. The van der Waals surface area contributed by atoms with Crippen LogP contribution in [0.4, 0.5) is 0 Å². The quantitative estimate of drug-likeness (QED) is 0.787. The zero-order valence-electron chi connectivity index (χ0n) is 15.6. The van der Waals surface area contributed by atoms with Gasteiger partial charge in [0.15, 0.2) is 0 Å². The van der Waals surface area contributed by atoms with Crippen molar-refractivity contribution in [3.63, 3.8) is 0 Å². The molecule has 0 heterocycles. The van der Waals surface area contributed by atoms with E-state index in [0.29, 0.717) is 13.2 Å². The molecule has 0 aliphatic carbocycles. The summed E-state index contributed by atoms with van der Waals surface area (Å²) in [5, 5.41) is 0. The molecule has 0 aromatic heterocycles. The summed E-state index contributed by atoms with van der Waals surface area (Å²) in [6, 6.07) is 4.40. The van der Waals surface area contributed by atoms with Crippen molar-refractivity contribution < 1.29 is 4.74 Å². The fourth-order valence-corrected chi connectivity index (χ4v) is 2.37. The van der Waals surface area contributed by atoms with Gasteiger partial charge in [0.25, 0.3) is 0 Å². The highest BCUT2D eigenvalue weighted by Crippen LogP contribution is 2.40. The van der Waals surface area contributed by atoms with Crippen LogP contribution in [-0.4, -0.2) is 6.61 Å². The van der Waals surface area contributed by atoms with Crippen LogP contribution in [0.5, 0.6) is 5.75 Å². The standard InChI is InChI=1S/C20H33NO/c1-14(2)9-10-22-18-16(19(3,4)5)11-15(13-21)12-17(18)20(6,7)8/h9,11-12H,10,13,21H2,1-8H3. The minimum atomic E-state index is 0.0193. The van der Waals surface area contributed by atoms with Gasteiger partial charge in [0.05, 0.1) is 0 Å². The molecule has 0 spiro atoms. The van der Waals surface area contributed by atoms with Gasteiger partial charge in [-0.3, -0.25) is 0 Å². The van der Waals surface area contributed by atoms with Crippen molar-refractivity contribution in [2.45, 2.75) is 72.8 Å². The van der Waals surface area contributed by atoms with Crippen LogP contribution in [0, 0.1) is 0 Å². The van der Waals surface area contributed by atoms with Gasteiger partial charge >= 0.3 is 0 Å². The van der Waals surface area contributed by atoms with Gasteiger partial charge in [0.1, 0.15) is 12.4 Å². The van der Waals surface area contributed by atoms with E-state index in [2.05, 4.69) is 73.6 Å². The Morgan fingerprint density at radius 1 is 1.00 bits per heavy atom. The molecule has 2 nitrogen and oxygen atoms in total. The third kappa shape index (κ3) is 4.88. The van der Waals surface area contributed by atoms with Gasteiger partial charge in [-0.25, -0.2) is 0 Å². The molecule has 0 aliphatic rings. The second-order valence-electron chi connectivity index (χ2n) is 8.32. The minimum absolute atomic E-state index is 0.0193. The van der Waals surface area contributed by atoms with E-state index in [1.54, 1.807) is 0 Å². The van der Waals surface area contributed by atoms with Crippen LogP contribution in [0.2, 0.25) is 0 Å². The Balaban J connectivity index is 3.49. The monoisotopic (exact) mass is 303 g/mol. The molecule has 124 valence electrons. The molecule has 2 heteroatoms. The average Bonchev–Trinajstić information content (AvgIpc) is 2.35. The lowest BCUT2D eigenvalue weighted by Gasteiger charge is -2.30. The Morgan fingerprint density at radius 2 is 1.45 bits per heavy atom. The van der Waals surface area contributed by atoms with E-state index in [1.165, 1.54) is 22.3 Å². The van der Waals surface area contributed by atoms with Crippen molar-refractivity contribution >= 4 is 0 Å². The molecule has 22 heavy (non-hydrogen) atoms. The first-order chi connectivity index (χ1) is 9.96. The van der Waals surface area contributed by atoms with E-state index >= 15 is 0 Å². The predicted molar refractivity (Wildman–Crippen MR) is 96.7 cm³/mol. The summed E-state index contributed by atoms with van der Waals surface area (Å²) >= 11 is 0. The molecule has 0 amide bonds. The molecule has 0 aliphatic heterocycles. The van der Waals surface area contributed by atoms with Crippen molar-refractivity contribution in [2.24, 2.45) is 5.73 Å². The van der Waals surface area contributed by atoms with Gasteiger partial charge in [-0.15, -0.1) is 0 Å². The highest BCUT2D eigenvalue weighted by molar-refractivity contribution is 5.51. The number of hydrogen-bond donors (Lipinski definition) is 1. The van der Waals surface area contributed by atoms with Crippen LogP contribution in [0.1, 0.15) is 72.1 Å². The van der Waals surface area contributed by atoms with E-state index in [9.17, 15) is 0 Å². The SMILES string of the molecule is CC(C)=CCOc1c(C(C)(C)C)cc(CN)cc1C(C)(C)C. The zero-order chi connectivity index (χ0) is 17.1. The van der Waals surface area contributed by atoms with Crippen LogP contribution >= 0.6 is 0 Å². The molecule has 2 N–H and O–H groups in total. The lowest BCUT2D eigenvalue weighted by atomic mass is 9.78. The topological polar surface area (TPSA) is 35.2 Å². The Kier molecular flexibility index (Phi) is 5.86. The van der Waals surface area contributed by atoms with Crippen molar-refractivity contribution in [1.29, 1.82) is 0 Å². The molecule has 1 rings (SSSR count). The minimum Gasteiger partial charge on any atom is -0.489 e. The number of allylic oxidation sites excluding steroid dienone is 1. The molecule has 0 atom stereocenters. The number of rotatable bonds is 4. The zero-order valence-corrected chi connectivity index (χ0v) is 15.6. The van der Waals surface area contributed by atoms with E-state index in [1.807, 2.05) is 0 Å². The Morgan fingerprint density at radius 3 is 1.77 bits per heavy atom. The Labute approximate surface area is 136 Å². The van der Waals surface area contributed by atoms with Gasteiger partial charge in [-0.05, 0) is 36.3 Å². The van der Waals surface area contributed by atoms with Crippen LogP contribution in [0.3, 0.4) is 0 Å². The second kappa shape index (κ2) is 6.87. The first-order valence-corrected chi connectivity index (χ1v) is 8.11. The van der Waals surface area contributed by atoms with Gasteiger partial charge in [0, 0.05) is 17.7 Å². The summed E-state index contributed by atoms with van der Waals surface area (Å²) in [5.74, 6) is 1.02. The second-order valence-corrected chi connectivity index (χ2v) is 8.32. The molecule has 0 radical (unpaired) electrons. The summed E-state index contributed by atoms with van der Waals surface area (Å²) in [6.07, 6.45) is 2.12. The van der Waals surface area contributed by atoms with Gasteiger partial charge < -0.3 is 10.5 Å². The smallest absolute Gasteiger partial charge is 0.127 e. The maximum Gasteiger partial charge on any atom is 0.127 e. The Bertz CT molecular complexity index is 503. The largest absolute Gasteiger partial charge is 0.489 e. The molecule has 0 unspecified atom stereocenters. The molecular formula is C20H33NO. The lowest BCUT2D eigenvalue weighted by molar-refractivity contribution is 0.338. The number of benzene rings is 1. The first-order valence-electron chi connectivity index (χ1n) is 8.11. The van der Waals surface area contributed by atoms with Gasteiger partial charge in [-0.1, -0.05) is 59.2 Å². The first kappa shape index (κ1) is 18.8. The van der Waals surface area contributed by atoms with Crippen molar-refractivity contribution in [3.8, 4) is 5.75 Å². The van der Waals surface area contributed by atoms with E-state index in [4.69, 9.17) is 10.5 Å². The van der Waals surface area contributed by atoms with Crippen molar-refractivity contribution in [3.05, 3.63) is 40.5 Å². The molecular weight excluding hydrogens is 270 g/mol. The van der Waals surface area contributed by atoms with Gasteiger partial charge in [0.2, 0.25) is 0 Å². The van der Waals surface area contributed by atoms with Crippen LogP contribution in [0.25, 0.3) is 0 Å². The van der Waals surface area contributed by atoms with E-state index in [0.717, 1.165) is 5.75 Å². The number of nitrogens with two attached hydrogens (primary N) is 1. The fraction of sp³-hybridized carbons (Fsp3) is 0.600. The van der Waals surface area contributed by atoms with Crippen molar-refractivity contribution in [2.75, 3.05) is 6.61 Å². The summed E-state index contributed by atoms with van der Waals surface area (Å²) in [5.41, 5.74) is 10.9. The molecule has 0 fully saturated rings. The van der Waals surface area contributed by atoms with E-state index < -0.39 is 0 Å². The summed E-state index contributed by atoms with van der Waals surface area (Å²) < 4.78 is 6.21. The highest BCUT2D eigenvalue weighted by Gasteiger charge is 2.27. The van der Waals surface area contributed by atoms with Crippen molar-refractivity contribution in [1.82, 2.24) is 0 Å². The third-order valence-electron chi connectivity index (χ3n) is 3.72. The van der Waals surface area contributed by atoms with Gasteiger partial charge in [-0.2, -0.15) is 0 Å². The normalized spacial score (nSPS) is 12.2. The summed E-state index contributed by atoms with van der Waals surface area (Å²) in [4.78, 5) is 0. The van der Waals surface area contributed by atoms with Crippen LogP contribution in [-0.2, 0) is 17.4 Å². The molecule has 0 saturated carbocycles. The van der Waals surface area contributed by atoms with Crippen LogP contribution in [0.15, 0.2) is 23.8 Å². The Hall–Kier alpha value is -1.28. The predicted octanol–water partition coefficient (Wildman–Crippen LogP) is 5.09. The number of ether oxygens (including phenoxy) is 1. The molecule has 1 aromatic rings. The summed E-state index contributed by atoms with van der Waals surface area (Å²) in [6.45, 7) is 18.7. The fourth-order valence-electron chi connectivity index (χ4n) is 2.37. The maximum atomic E-state index is 6.21. The molecule has 1 aromatic carbocycles. The molecule has 0 saturated heterocycles. The van der Waals surface area contributed by atoms with Crippen LogP contribution < -0.4 is 10.5 Å².